The zero-order valence-electron chi connectivity index (χ0n) is 22.0. The first-order valence-corrected chi connectivity index (χ1v) is 13.1. The van der Waals surface area contributed by atoms with Gasteiger partial charge in [0, 0.05) is 17.5 Å². The van der Waals surface area contributed by atoms with E-state index in [9.17, 15) is 9.59 Å². The van der Waals surface area contributed by atoms with Crippen LogP contribution in [0.1, 0.15) is 37.6 Å². The number of carbonyl (C=O) groups is 2. The van der Waals surface area contributed by atoms with E-state index in [0.29, 0.717) is 29.1 Å². The Balaban J connectivity index is 1.51. The molecule has 0 unspecified atom stereocenters. The maximum Gasteiger partial charge on any atom is 0.342 e. The molecule has 0 atom stereocenters. The molecule has 0 aliphatic carbocycles. The molecule has 1 heterocycles. The van der Waals surface area contributed by atoms with Crippen LogP contribution in [0.4, 0.5) is 0 Å². The largest absolute Gasteiger partial charge is 0.465 e. The van der Waals surface area contributed by atoms with Crippen LogP contribution in [0, 0.1) is 0 Å². The van der Waals surface area contributed by atoms with Crippen LogP contribution < -0.4 is 0 Å². The molecular weight excluding hydrogens is 496 g/mol. The summed E-state index contributed by atoms with van der Waals surface area (Å²) in [5.74, 6) is -0.156. The van der Waals surface area contributed by atoms with Crippen LogP contribution in [0.5, 0.6) is 0 Å². The quantitative estimate of drug-likeness (QED) is 0.156. The Morgan fingerprint density at radius 1 is 0.625 bits per heavy atom. The summed E-state index contributed by atoms with van der Waals surface area (Å²) in [5.41, 5.74) is 4.55. The van der Waals surface area contributed by atoms with Crippen molar-refractivity contribution >= 4 is 22.5 Å². The lowest BCUT2D eigenvalue weighted by atomic mass is 9.93. The minimum absolute atomic E-state index is 0.140. The van der Waals surface area contributed by atoms with E-state index in [1.54, 1.807) is 12.1 Å². The lowest BCUT2D eigenvalue weighted by Gasteiger charge is -2.08. The van der Waals surface area contributed by atoms with Gasteiger partial charge in [-0.3, -0.25) is 4.79 Å². The average molecular weight is 523 g/mol. The third-order valence-electron chi connectivity index (χ3n) is 7.07. The van der Waals surface area contributed by atoms with Gasteiger partial charge in [-0.15, -0.1) is 0 Å². The van der Waals surface area contributed by atoms with Crippen molar-refractivity contribution in [3.8, 4) is 22.5 Å². The Bertz CT molecular complexity index is 1810. The first-order chi connectivity index (χ1) is 19.6. The third-order valence-corrected chi connectivity index (χ3v) is 7.07. The van der Waals surface area contributed by atoms with Gasteiger partial charge in [-0.1, -0.05) is 121 Å². The van der Waals surface area contributed by atoms with Gasteiger partial charge in [0.1, 0.15) is 17.1 Å². The van der Waals surface area contributed by atoms with Crippen molar-refractivity contribution in [3.05, 3.63) is 155 Å². The fourth-order valence-corrected chi connectivity index (χ4v) is 5.04. The molecule has 194 valence electrons. The number of carbonyl (C=O) groups excluding carboxylic acids is 2. The molecule has 6 aromatic rings. The average Bonchev–Trinajstić information content (AvgIpc) is 3.40. The van der Waals surface area contributed by atoms with Crippen LogP contribution in [-0.2, 0) is 11.2 Å². The third kappa shape index (κ3) is 4.83. The van der Waals surface area contributed by atoms with Gasteiger partial charge in [-0.25, -0.2) is 4.79 Å². The Labute approximate surface area is 232 Å². The second-order valence-electron chi connectivity index (χ2n) is 9.59. The minimum Gasteiger partial charge on any atom is -0.465 e. The van der Waals surface area contributed by atoms with E-state index in [1.807, 2.05) is 115 Å². The molecule has 0 amide bonds. The van der Waals surface area contributed by atoms with Crippen LogP contribution in [-0.4, -0.2) is 18.9 Å². The van der Waals surface area contributed by atoms with Crippen LogP contribution in [0.15, 0.2) is 132 Å². The van der Waals surface area contributed by atoms with Crippen LogP contribution >= 0.6 is 0 Å². The highest BCUT2D eigenvalue weighted by molar-refractivity contribution is 6.17. The monoisotopic (exact) mass is 522 g/mol. The predicted octanol–water partition coefficient (Wildman–Crippen LogP) is 8.38. The molecule has 0 fully saturated rings. The van der Waals surface area contributed by atoms with Crippen molar-refractivity contribution in [1.29, 1.82) is 0 Å². The zero-order chi connectivity index (χ0) is 27.5. The maximum absolute atomic E-state index is 14.1. The number of methoxy groups -OCH3 is 1. The SMILES string of the molecule is COC(=O)c1c(-c2ccc3ccccc3c2)oc(Cc2ccccc2)c1C(=O)c1ccc(-c2ccccc2)cc1. The molecule has 0 saturated carbocycles. The Kier molecular flexibility index (Phi) is 6.82. The Hall–Kier alpha value is -5.22. The second kappa shape index (κ2) is 10.9. The molecule has 5 aromatic carbocycles. The number of hydrogen-bond acceptors (Lipinski definition) is 4. The lowest BCUT2D eigenvalue weighted by molar-refractivity contribution is 0.0598. The van der Waals surface area contributed by atoms with Crippen LogP contribution in [0.3, 0.4) is 0 Å². The van der Waals surface area contributed by atoms with Crippen molar-refractivity contribution in [2.75, 3.05) is 7.11 Å². The summed E-state index contributed by atoms with van der Waals surface area (Å²) >= 11 is 0. The molecule has 1 aromatic heterocycles. The minimum atomic E-state index is -0.615. The molecular formula is C36H26O4. The smallest absolute Gasteiger partial charge is 0.342 e. The van der Waals surface area contributed by atoms with E-state index in [0.717, 1.165) is 27.5 Å². The summed E-state index contributed by atoms with van der Waals surface area (Å²) in [6, 6.07) is 41.0. The van der Waals surface area contributed by atoms with Crippen LogP contribution in [0.2, 0.25) is 0 Å². The molecule has 0 bridgehead atoms. The highest BCUT2D eigenvalue weighted by Crippen LogP contribution is 2.36. The van der Waals surface area contributed by atoms with Crippen molar-refractivity contribution in [2.45, 2.75) is 6.42 Å². The summed E-state index contributed by atoms with van der Waals surface area (Å²) < 4.78 is 11.6. The summed E-state index contributed by atoms with van der Waals surface area (Å²) in [6.45, 7) is 0. The first kappa shape index (κ1) is 25.1. The van der Waals surface area contributed by atoms with E-state index >= 15 is 0 Å². The normalized spacial score (nSPS) is 10.9. The topological polar surface area (TPSA) is 56.5 Å². The van der Waals surface area contributed by atoms with E-state index < -0.39 is 5.97 Å². The second-order valence-corrected chi connectivity index (χ2v) is 9.59. The molecule has 4 heteroatoms. The molecule has 0 N–H and O–H groups in total. The molecule has 0 aliphatic rings. The highest BCUT2D eigenvalue weighted by Gasteiger charge is 2.32. The number of furan rings is 1. The lowest BCUT2D eigenvalue weighted by Crippen LogP contribution is -2.12. The molecule has 0 aliphatic heterocycles. The molecule has 4 nitrogen and oxygen atoms in total. The van der Waals surface area contributed by atoms with E-state index in [2.05, 4.69) is 0 Å². The van der Waals surface area contributed by atoms with Gasteiger partial charge in [0.2, 0.25) is 0 Å². The predicted molar refractivity (Wildman–Crippen MR) is 158 cm³/mol. The van der Waals surface area contributed by atoms with Gasteiger partial charge < -0.3 is 9.15 Å². The van der Waals surface area contributed by atoms with Gasteiger partial charge in [0.25, 0.3) is 0 Å². The van der Waals surface area contributed by atoms with Crippen molar-refractivity contribution in [1.82, 2.24) is 0 Å². The fraction of sp³-hybridized carbons (Fsp3) is 0.0556. The molecule has 0 saturated heterocycles. The van der Waals surface area contributed by atoms with Crippen molar-refractivity contribution in [2.24, 2.45) is 0 Å². The summed E-state index contributed by atoms with van der Waals surface area (Å²) in [5, 5.41) is 2.07. The van der Waals surface area contributed by atoms with Gasteiger partial charge in [0.05, 0.1) is 12.7 Å². The number of hydrogen-bond donors (Lipinski definition) is 0. The molecule has 0 spiro atoms. The zero-order valence-corrected chi connectivity index (χ0v) is 22.0. The van der Waals surface area contributed by atoms with E-state index in [1.165, 1.54) is 7.11 Å². The number of esters is 1. The van der Waals surface area contributed by atoms with Crippen LogP contribution in [0.25, 0.3) is 33.2 Å². The number of fused-ring (bicyclic) bond motifs is 1. The molecule has 6 rings (SSSR count). The van der Waals surface area contributed by atoms with Gasteiger partial charge in [-0.2, -0.15) is 0 Å². The summed E-state index contributed by atoms with van der Waals surface area (Å²) in [6.07, 6.45) is 0.349. The first-order valence-electron chi connectivity index (χ1n) is 13.1. The molecule has 0 radical (unpaired) electrons. The molecule has 40 heavy (non-hydrogen) atoms. The Morgan fingerprint density at radius 3 is 1.93 bits per heavy atom. The summed E-state index contributed by atoms with van der Waals surface area (Å²) in [7, 11) is 1.32. The number of benzene rings is 5. The van der Waals surface area contributed by atoms with Gasteiger partial charge in [-0.05, 0) is 33.5 Å². The standard InChI is InChI=1S/C36H26O4/c1-39-36(38)33-32(34(37)28-19-16-27(17-20-28)25-12-6-3-7-13-25)31(22-24-10-4-2-5-11-24)40-35(33)30-21-18-26-14-8-9-15-29(26)23-30/h2-21,23H,22H2,1H3. The van der Waals surface area contributed by atoms with Crippen molar-refractivity contribution in [3.63, 3.8) is 0 Å². The Morgan fingerprint density at radius 2 is 1.23 bits per heavy atom. The number of rotatable bonds is 7. The fourth-order valence-electron chi connectivity index (χ4n) is 5.04. The van der Waals surface area contributed by atoms with Gasteiger partial charge in [0.15, 0.2) is 5.78 Å². The van der Waals surface area contributed by atoms with E-state index in [-0.39, 0.29) is 16.9 Å². The van der Waals surface area contributed by atoms with Crippen molar-refractivity contribution < 1.29 is 18.7 Å². The maximum atomic E-state index is 14.1. The number of ether oxygens (including phenoxy) is 1. The summed E-state index contributed by atoms with van der Waals surface area (Å²) in [4.78, 5) is 27.4. The van der Waals surface area contributed by atoms with Gasteiger partial charge >= 0.3 is 5.97 Å². The van der Waals surface area contributed by atoms with E-state index in [4.69, 9.17) is 9.15 Å². The number of ketones is 1. The highest BCUT2D eigenvalue weighted by atomic mass is 16.5.